The largest absolute Gasteiger partial charge is 0.352 e. The minimum atomic E-state index is -0.551. The zero-order chi connectivity index (χ0) is 10.8. The second kappa shape index (κ2) is 3.47. The molecule has 7 nitrogen and oxygen atoms in total. The van der Waals surface area contributed by atoms with Crippen molar-refractivity contribution in [3.63, 3.8) is 0 Å². The van der Waals surface area contributed by atoms with E-state index in [0.29, 0.717) is 0 Å². The summed E-state index contributed by atoms with van der Waals surface area (Å²) in [5, 5.41) is 28.3. The summed E-state index contributed by atoms with van der Waals surface area (Å²) in [4.78, 5) is 11.2. The van der Waals surface area contributed by atoms with E-state index in [1.165, 1.54) is 17.8 Å². The van der Waals surface area contributed by atoms with Gasteiger partial charge >= 0.3 is 5.00 Å². The molecule has 2 aromatic rings. The van der Waals surface area contributed by atoms with Crippen molar-refractivity contribution in [1.29, 1.82) is 5.26 Å². The highest BCUT2D eigenvalue weighted by Gasteiger charge is 2.23. The highest BCUT2D eigenvalue weighted by atomic mass is 32.1. The first-order valence-electron chi connectivity index (χ1n) is 3.76. The van der Waals surface area contributed by atoms with Gasteiger partial charge < -0.3 is 0 Å². The first kappa shape index (κ1) is 9.29. The first-order valence-corrected chi connectivity index (χ1v) is 4.64. The Morgan fingerprint density at radius 2 is 2.20 bits per heavy atom. The Morgan fingerprint density at radius 1 is 1.53 bits per heavy atom. The number of nitrogens with zero attached hydrogens (tertiary/aromatic N) is 5. The van der Waals surface area contributed by atoms with Crippen LogP contribution in [-0.2, 0) is 0 Å². The van der Waals surface area contributed by atoms with Gasteiger partial charge in [0.2, 0.25) is 0 Å². The van der Waals surface area contributed by atoms with E-state index < -0.39 is 4.92 Å². The summed E-state index contributed by atoms with van der Waals surface area (Å²) in [6, 6.07) is 1.86. The van der Waals surface area contributed by atoms with Crippen LogP contribution in [0.15, 0.2) is 17.8 Å². The van der Waals surface area contributed by atoms with Gasteiger partial charge in [-0.05, 0) is 0 Å². The molecular weight excluding hydrogens is 218 g/mol. The van der Waals surface area contributed by atoms with Crippen LogP contribution in [0.25, 0.3) is 5.69 Å². The minimum absolute atomic E-state index is 0.123. The summed E-state index contributed by atoms with van der Waals surface area (Å²) >= 11 is 0.885. The average Bonchev–Trinajstić information content (AvgIpc) is 2.85. The maximum Gasteiger partial charge on any atom is 0.352 e. The molecule has 0 aliphatic carbocycles. The number of hydrogen-bond acceptors (Lipinski definition) is 6. The lowest BCUT2D eigenvalue weighted by Gasteiger charge is -1.95. The fourth-order valence-corrected chi connectivity index (χ4v) is 1.86. The van der Waals surface area contributed by atoms with Crippen LogP contribution in [-0.4, -0.2) is 19.9 Å². The van der Waals surface area contributed by atoms with Gasteiger partial charge in [-0.3, -0.25) is 10.1 Å². The predicted octanol–water partition coefficient (Wildman–Crippen LogP) is 1.11. The van der Waals surface area contributed by atoms with E-state index in [1.807, 2.05) is 6.07 Å². The predicted molar refractivity (Wildman–Crippen MR) is 50.6 cm³/mol. The molecule has 0 atom stereocenters. The van der Waals surface area contributed by atoms with Gasteiger partial charge in [-0.1, -0.05) is 11.3 Å². The molecule has 2 heterocycles. The van der Waals surface area contributed by atoms with E-state index in [-0.39, 0.29) is 16.3 Å². The maximum absolute atomic E-state index is 10.7. The summed E-state index contributed by atoms with van der Waals surface area (Å²) in [6.07, 6.45) is 2.78. The second-order valence-corrected chi connectivity index (χ2v) is 3.35. The highest BCUT2D eigenvalue weighted by molar-refractivity contribution is 7.14. The van der Waals surface area contributed by atoms with E-state index in [0.717, 1.165) is 16.1 Å². The van der Waals surface area contributed by atoms with Crippen LogP contribution < -0.4 is 0 Å². The van der Waals surface area contributed by atoms with Crippen molar-refractivity contribution in [2.24, 2.45) is 0 Å². The molecule has 2 aromatic heterocycles. The van der Waals surface area contributed by atoms with Crippen molar-refractivity contribution in [3.8, 4) is 11.8 Å². The molecule has 15 heavy (non-hydrogen) atoms. The van der Waals surface area contributed by atoms with Gasteiger partial charge in [-0.2, -0.15) is 15.5 Å². The molecule has 0 bridgehead atoms. The Balaban J connectivity index is 2.67. The van der Waals surface area contributed by atoms with Crippen molar-refractivity contribution in [3.05, 3.63) is 33.5 Å². The third-order valence-electron chi connectivity index (χ3n) is 1.65. The molecule has 0 aliphatic rings. The molecule has 8 heteroatoms. The fourth-order valence-electron chi connectivity index (χ4n) is 1.07. The van der Waals surface area contributed by atoms with Gasteiger partial charge in [0.15, 0.2) is 5.69 Å². The summed E-state index contributed by atoms with van der Waals surface area (Å²) in [6.45, 7) is 0. The van der Waals surface area contributed by atoms with E-state index in [1.54, 1.807) is 0 Å². The number of aromatic nitrogens is 3. The van der Waals surface area contributed by atoms with Crippen molar-refractivity contribution in [2.75, 3.05) is 0 Å². The Bertz CT molecular complexity index is 538. The smallest absolute Gasteiger partial charge is 0.257 e. The molecular formula is C7H3N5O2S. The minimum Gasteiger partial charge on any atom is -0.257 e. The Morgan fingerprint density at radius 3 is 2.73 bits per heavy atom. The van der Waals surface area contributed by atoms with Gasteiger partial charge in [-0.25, -0.2) is 0 Å². The molecule has 0 aliphatic heterocycles. The Labute approximate surface area is 87.3 Å². The molecule has 0 unspecified atom stereocenters. The van der Waals surface area contributed by atoms with Crippen LogP contribution in [0.5, 0.6) is 0 Å². The zero-order valence-electron chi connectivity index (χ0n) is 7.19. The van der Waals surface area contributed by atoms with Crippen LogP contribution in [0.1, 0.15) is 5.56 Å². The molecule has 2 rings (SSSR count). The Hall–Kier alpha value is -2.27. The van der Waals surface area contributed by atoms with Gasteiger partial charge in [0.25, 0.3) is 0 Å². The summed E-state index contributed by atoms with van der Waals surface area (Å²) in [5.74, 6) is 0. The number of nitro groups is 1. The monoisotopic (exact) mass is 221 g/mol. The van der Waals surface area contributed by atoms with Crippen LogP contribution >= 0.6 is 11.3 Å². The van der Waals surface area contributed by atoms with Crippen LogP contribution in [0.2, 0.25) is 0 Å². The van der Waals surface area contributed by atoms with E-state index in [9.17, 15) is 10.1 Å². The topological polar surface area (TPSA) is 97.6 Å². The van der Waals surface area contributed by atoms with Crippen molar-refractivity contribution >= 4 is 16.3 Å². The molecule has 0 spiro atoms. The van der Waals surface area contributed by atoms with E-state index >= 15 is 0 Å². The number of rotatable bonds is 2. The molecule has 74 valence electrons. The summed E-state index contributed by atoms with van der Waals surface area (Å²) in [7, 11) is 0. The molecule has 0 N–H and O–H groups in total. The summed E-state index contributed by atoms with van der Waals surface area (Å²) in [5.41, 5.74) is 0.320. The third kappa shape index (κ3) is 1.44. The number of nitriles is 1. The van der Waals surface area contributed by atoms with Crippen molar-refractivity contribution in [2.45, 2.75) is 0 Å². The second-order valence-electron chi connectivity index (χ2n) is 2.49. The van der Waals surface area contributed by atoms with Crippen molar-refractivity contribution in [1.82, 2.24) is 15.0 Å². The fraction of sp³-hybridized carbons (Fsp3) is 0. The van der Waals surface area contributed by atoms with Crippen LogP contribution in [0, 0.1) is 21.4 Å². The van der Waals surface area contributed by atoms with Gasteiger partial charge in [0, 0.05) is 5.38 Å². The van der Waals surface area contributed by atoms with E-state index in [4.69, 9.17) is 5.26 Å². The standard InChI is InChI=1S/C7H3N5O2S/c8-3-5-4-15-7(12(13)14)6(5)11-9-1-2-10-11/h1-2,4H. The maximum atomic E-state index is 10.7. The average molecular weight is 221 g/mol. The molecule has 0 fully saturated rings. The van der Waals surface area contributed by atoms with Gasteiger partial charge in [-0.15, -0.1) is 4.80 Å². The summed E-state index contributed by atoms with van der Waals surface area (Å²) < 4.78 is 0. The van der Waals surface area contributed by atoms with Crippen LogP contribution in [0.3, 0.4) is 0 Å². The molecule has 0 saturated heterocycles. The number of hydrogen-bond donors (Lipinski definition) is 0. The molecule has 0 radical (unpaired) electrons. The lowest BCUT2D eigenvalue weighted by atomic mass is 10.3. The molecule has 0 saturated carbocycles. The first-order chi connectivity index (χ1) is 7.24. The van der Waals surface area contributed by atoms with Crippen molar-refractivity contribution < 1.29 is 4.92 Å². The number of thiophene rings is 1. The third-order valence-corrected chi connectivity index (χ3v) is 2.57. The Kier molecular flexibility index (Phi) is 2.15. The lowest BCUT2D eigenvalue weighted by Crippen LogP contribution is -2.02. The zero-order valence-corrected chi connectivity index (χ0v) is 8.01. The lowest BCUT2D eigenvalue weighted by molar-refractivity contribution is -0.380. The molecule has 0 aromatic carbocycles. The van der Waals surface area contributed by atoms with Gasteiger partial charge in [0.1, 0.15) is 6.07 Å². The van der Waals surface area contributed by atoms with Gasteiger partial charge in [0.05, 0.1) is 22.9 Å². The highest BCUT2D eigenvalue weighted by Crippen LogP contribution is 2.31. The quantitative estimate of drug-likeness (QED) is 0.558. The molecule has 0 amide bonds. The van der Waals surface area contributed by atoms with E-state index in [2.05, 4.69) is 10.2 Å². The van der Waals surface area contributed by atoms with Crippen LogP contribution in [0.4, 0.5) is 5.00 Å². The normalized spacial score (nSPS) is 9.80. The SMILES string of the molecule is N#Cc1csc([N+](=O)[O-])c1-n1nccn1.